The molecule has 0 radical (unpaired) electrons. The highest BCUT2D eigenvalue weighted by molar-refractivity contribution is 7.92. The Morgan fingerprint density at radius 2 is 2.00 bits per heavy atom. The molecule has 126 valence electrons. The fraction of sp³-hybridized carbons (Fsp3) is 0.500. The van der Waals surface area contributed by atoms with Crippen LogP contribution < -0.4 is 9.62 Å². The van der Waals surface area contributed by atoms with Gasteiger partial charge < -0.3 is 9.42 Å². The van der Waals surface area contributed by atoms with E-state index in [1.54, 1.807) is 26.0 Å². The summed E-state index contributed by atoms with van der Waals surface area (Å²) in [7, 11) is -1.88. The number of aromatic nitrogens is 3. The summed E-state index contributed by atoms with van der Waals surface area (Å²) in [6.45, 7) is 6.11. The number of aryl methyl sites for hydroxylation is 2. The molecular weight excluding hydrogens is 318 g/mol. The van der Waals surface area contributed by atoms with Gasteiger partial charge in [-0.05, 0) is 32.4 Å². The van der Waals surface area contributed by atoms with Crippen LogP contribution in [0.4, 0.5) is 11.6 Å². The van der Waals surface area contributed by atoms with Crippen molar-refractivity contribution in [3.63, 3.8) is 0 Å². The van der Waals surface area contributed by atoms with Gasteiger partial charge in [0.1, 0.15) is 5.69 Å². The van der Waals surface area contributed by atoms with Gasteiger partial charge in [0, 0.05) is 13.6 Å². The number of unbranched alkanes of at least 4 members (excludes halogenated alkanes) is 1. The highest BCUT2D eigenvalue weighted by Crippen LogP contribution is 2.21. The molecule has 0 unspecified atom stereocenters. The maximum atomic E-state index is 12.4. The second-order valence-electron chi connectivity index (χ2n) is 5.31. The van der Waals surface area contributed by atoms with E-state index in [9.17, 15) is 8.42 Å². The Balaban J connectivity index is 2.15. The van der Waals surface area contributed by atoms with E-state index in [0.29, 0.717) is 11.5 Å². The van der Waals surface area contributed by atoms with E-state index in [2.05, 4.69) is 27.0 Å². The first-order valence-electron chi connectivity index (χ1n) is 7.35. The standard InChI is InChI=1S/C14H21N5O3S/c1-5-6-9-19(4)13-8-7-12(15-16-13)18-23(20,21)14-10(2)17-22-11(14)3/h7-8H,5-6,9H2,1-4H3,(H,15,18). The van der Waals surface area contributed by atoms with Crippen LogP contribution in [0.25, 0.3) is 0 Å². The summed E-state index contributed by atoms with van der Waals surface area (Å²) in [5.41, 5.74) is 0.305. The van der Waals surface area contributed by atoms with Gasteiger partial charge in [-0.2, -0.15) is 0 Å². The van der Waals surface area contributed by atoms with Gasteiger partial charge in [-0.3, -0.25) is 4.72 Å². The van der Waals surface area contributed by atoms with Crippen molar-refractivity contribution in [3.05, 3.63) is 23.6 Å². The summed E-state index contributed by atoms with van der Waals surface area (Å²) in [5.74, 6) is 1.08. The average Bonchev–Trinajstić information content (AvgIpc) is 2.85. The Morgan fingerprint density at radius 3 is 2.52 bits per heavy atom. The fourth-order valence-electron chi connectivity index (χ4n) is 2.14. The number of hydrogen-bond acceptors (Lipinski definition) is 7. The van der Waals surface area contributed by atoms with Crippen LogP contribution in [0, 0.1) is 13.8 Å². The van der Waals surface area contributed by atoms with Crippen LogP contribution in [0.3, 0.4) is 0 Å². The number of nitrogens with one attached hydrogen (secondary N) is 1. The van der Waals surface area contributed by atoms with Gasteiger partial charge in [-0.15, -0.1) is 10.2 Å². The van der Waals surface area contributed by atoms with Crippen molar-refractivity contribution in [1.29, 1.82) is 0 Å². The molecule has 0 aromatic carbocycles. The van der Waals surface area contributed by atoms with Gasteiger partial charge in [-0.25, -0.2) is 8.42 Å². The fourth-order valence-corrected chi connectivity index (χ4v) is 3.47. The summed E-state index contributed by atoms with van der Waals surface area (Å²) in [4.78, 5) is 2.01. The van der Waals surface area contributed by atoms with Crippen LogP contribution in [0.1, 0.15) is 31.2 Å². The van der Waals surface area contributed by atoms with Crippen molar-refractivity contribution in [2.45, 2.75) is 38.5 Å². The predicted octanol–water partition coefficient (Wildman–Crippen LogP) is 2.12. The van der Waals surface area contributed by atoms with Gasteiger partial charge in [0.25, 0.3) is 10.0 Å². The molecule has 0 aliphatic rings. The maximum Gasteiger partial charge on any atom is 0.268 e. The number of rotatable bonds is 7. The minimum absolute atomic E-state index is 0.0310. The average molecular weight is 339 g/mol. The molecule has 0 saturated carbocycles. The lowest BCUT2D eigenvalue weighted by molar-refractivity contribution is 0.390. The summed E-state index contributed by atoms with van der Waals surface area (Å²) in [6.07, 6.45) is 2.14. The van der Waals surface area contributed by atoms with Crippen molar-refractivity contribution >= 4 is 21.7 Å². The molecule has 2 aromatic rings. The minimum atomic E-state index is -3.80. The van der Waals surface area contributed by atoms with Gasteiger partial charge in [0.15, 0.2) is 22.3 Å². The normalized spacial score (nSPS) is 11.5. The molecule has 2 rings (SSSR count). The molecule has 2 heterocycles. The molecular formula is C14H21N5O3S. The molecule has 0 amide bonds. The van der Waals surface area contributed by atoms with Crippen LogP contribution in [0.2, 0.25) is 0 Å². The van der Waals surface area contributed by atoms with E-state index in [0.717, 1.165) is 19.4 Å². The molecule has 2 aromatic heterocycles. The molecule has 0 aliphatic carbocycles. The first kappa shape index (κ1) is 17.2. The Kier molecular flexibility index (Phi) is 5.19. The number of anilines is 2. The largest absolute Gasteiger partial charge is 0.360 e. The maximum absolute atomic E-state index is 12.4. The zero-order valence-corrected chi connectivity index (χ0v) is 14.5. The first-order chi connectivity index (χ1) is 10.8. The summed E-state index contributed by atoms with van der Waals surface area (Å²) in [6, 6.07) is 3.31. The summed E-state index contributed by atoms with van der Waals surface area (Å²) < 4.78 is 32.0. The Morgan fingerprint density at radius 1 is 1.26 bits per heavy atom. The van der Waals surface area contributed by atoms with Crippen molar-refractivity contribution in [2.24, 2.45) is 0 Å². The monoisotopic (exact) mass is 339 g/mol. The van der Waals surface area contributed by atoms with E-state index in [-0.39, 0.29) is 16.5 Å². The third kappa shape index (κ3) is 3.98. The van der Waals surface area contributed by atoms with Gasteiger partial charge in [0.2, 0.25) is 0 Å². The predicted molar refractivity (Wildman–Crippen MR) is 87.0 cm³/mol. The van der Waals surface area contributed by atoms with E-state index >= 15 is 0 Å². The minimum Gasteiger partial charge on any atom is -0.360 e. The van der Waals surface area contributed by atoms with E-state index in [1.165, 1.54) is 0 Å². The lowest BCUT2D eigenvalue weighted by Gasteiger charge is -2.17. The van der Waals surface area contributed by atoms with Gasteiger partial charge >= 0.3 is 0 Å². The molecule has 1 N–H and O–H groups in total. The van der Waals surface area contributed by atoms with Crippen molar-refractivity contribution in [2.75, 3.05) is 23.2 Å². The van der Waals surface area contributed by atoms with Crippen LogP contribution >= 0.6 is 0 Å². The molecule has 0 fully saturated rings. The third-order valence-electron chi connectivity index (χ3n) is 3.36. The van der Waals surface area contributed by atoms with E-state index < -0.39 is 10.0 Å². The number of hydrogen-bond donors (Lipinski definition) is 1. The molecule has 0 bridgehead atoms. The van der Waals surface area contributed by atoms with Crippen LogP contribution in [-0.4, -0.2) is 37.4 Å². The second kappa shape index (κ2) is 6.95. The second-order valence-corrected chi connectivity index (χ2v) is 6.93. The molecule has 0 atom stereocenters. The zero-order chi connectivity index (χ0) is 17.0. The molecule has 0 aliphatic heterocycles. The smallest absolute Gasteiger partial charge is 0.268 e. The summed E-state index contributed by atoms with van der Waals surface area (Å²) in [5, 5.41) is 11.6. The van der Waals surface area contributed by atoms with Crippen molar-refractivity contribution in [1.82, 2.24) is 15.4 Å². The Bertz CT molecular complexity index is 736. The molecule has 8 nitrogen and oxygen atoms in total. The summed E-state index contributed by atoms with van der Waals surface area (Å²) >= 11 is 0. The lowest BCUT2D eigenvalue weighted by Crippen LogP contribution is -2.20. The molecule has 23 heavy (non-hydrogen) atoms. The molecule has 9 heteroatoms. The van der Waals surface area contributed by atoms with Crippen molar-refractivity contribution in [3.8, 4) is 0 Å². The lowest BCUT2D eigenvalue weighted by atomic mass is 10.3. The van der Waals surface area contributed by atoms with E-state index in [4.69, 9.17) is 4.52 Å². The van der Waals surface area contributed by atoms with Crippen LogP contribution in [-0.2, 0) is 10.0 Å². The highest BCUT2D eigenvalue weighted by atomic mass is 32.2. The SMILES string of the molecule is CCCCN(C)c1ccc(NS(=O)(=O)c2c(C)noc2C)nn1. The Hall–Kier alpha value is -2.16. The van der Waals surface area contributed by atoms with Gasteiger partial charge in [-0.1, -0.05) is 18.5 Å². The molecule has 0 spiro atoms. The topological polar surface area (TPSA) is 101 Å². The molecule has 0 saturated heterocycles. The van der Waals surface area contributed by atoms with Crippen LogP contribution in [0.5, 0.6) is 0 Å². The van der Waals surface area contributed by atoms with E-state index in [1.807, 2.05) is 11.9 Å². The van der Waals surface area contributed by atoms with Crippen molar-refractivity contribution < 1.29 is 12.9 Å². The quantitative estimate of drug-likeness (QED) is 0.824. The van der Waals surface area contributed by atoms with Gasteiger partial charge in [0.05, 0.1) is 0 Å². The highest BCUT2D eigenvalue weighted by Gasteiger charge is 2.24. The first-order valence-corrected chi connectivity index (χ1v) is 8.84. The zero-order valence-electron chi connectivity index (χ0n) is 13.7. The Labute approximate surface area is 135 Å². The third-order valence-corrected chi connectivity index (χ3v) is 4.96. The van der Waals surface area contributed by atoms with Crippen LogP contribution in [0.15, 0.2) is 21.6 Å². The number of sulfonamides is 1. The number of nitrogens with zero attached hydrogens (tertiary/aromatic N) is 4.